The molecular weight excluding hydrogens is 317 g/mol. The largest absolute Gasteiger partial charge is 0.573 e. The summed E-state index contributed by atoms with van der Waals surface area (Å²) in [5.74, 6) is -1.64. The average Bonchev–Trinajstić information content (AvgIpc) is 2.18. The summed E-state index contributed by atoms with van der Waals surface area (Å²) in [6.45, 7) is 0. The SMILES string of the molecule is COc1c(C(F)F)cnc(Br)c1OC(F)(F)F. The predicted molar refractivity (Wildman–Crippen MR) is 50.1 cm³/mol. The molecule has 0 radical (unpaired) electrons. The van der Waals surface area contributed by atoms with Gasteiger partial charge in [-0.05, 0) is 15.9 Å². The van der Waals surface area contributed by atoms with Crippen molar-refractivity contribution in [1.82, 2.24) is 4.98 Å². The van der Waals surface area contributed by atoms with Crippen LogP contribution in [0.4, 0.5) is 22.0 Å². The normalized spacial score (nSPS) is 11.8. The summed E-state index contributed by atoms with van der Waals surface area (Å²) in [5, 5.41) is 0. The van der Waals surface area contributed by atoms with E-state index in [4.69, 9.17) is 0 Å². The van der Waals surface area contributed by atoms with Gasteiger partial charge in [0.15, 0.2) is 10.4 Å². The zero-order valence-corrected chi connectivity index (χ0v) is 9.77. The molecule has 0 atom stereocenters. The summed E-state index contributed by atoms with van der Waals surface area (Å²) in [5.41, 5.74) is -0.782. The fraction of sp³-hybridized carbons (Fsp3) is 0.375. The number of pyridine rings is 1. The molecule has 1 aromatic heterocycles. The predicted octanol–water partition coefficient (Wildman–Crippen LogP) is 3.69. The smallest absolute Gasteiger partial charge is 0.492 e. The van der Waals surface area contributed by atoms with Crippen molar-refractivity contribution in [2.24, 2.45) is 0 Å². The molecule has 96 valence electrons. The third kappa shape index (κ3) is 3.42. The van der Waals surface area contributed by atoms with Gasteiger partial charge in [-0.25, -0.2) is 13.8 Å². The molecule has 0 unspecified atom stereocenters. The minimum Gasteiger partial charge on any atom is -0.492 e. The second-order valence-electron chi connectivity index (χ2n) is 2.72. The van der Waals surface area contributed by atoms with Crippen LogP contribution in [0.25, 0.3) is 0 Å². The molecular formula is C8H5BrF5NO2. The van der Waals surface area contributed by atoms with E-state index in [-0.39, 0.29) is 4.60 Å². The number of ether oxygens (including phenoxy) is 2. The van der Waals surface area contributed by atoms with E-state index in [1.165, 1.54) is 0 Å². The maximum Gasteiger partial charge on any atom is 0.573 e. The lowest BCUT2D eigenvalue weighted by Gasteiger charge is -2.15. The monoisotopic (exact) mass is 321 g/mol. The van der Waals surface area contributed by atoms with Crippen LogP contribution < -0.4 is 9.47 Å². The van der Waals surface area contributed by atoms with Gasteiger partial charge in [-0.15, -0.1) is 13.2 Å². The van der Waals surface area contributed by atoms with E-state index in [0.29, 0.717) is 6.20 Å². The van der Waals surface area contributed by atoms with Gasteiger partial charge in [0, 0.05) is 6.20 Å². The van der Waals surface area contributed by atoms with Crippen molar-refractivity contribution in [2.45, 2.75) is 12.8 Å². The summed E-state index contributed by atoms with van der Waals surface area (Å²) < 4.78 is 68.8. The van der Waals surface area contributed by atoms with Gasteiger partial charge in [0.05, 0.1) is 12.7 Å². The lowest BCUT2D eigenvalue weighted by Crippen LogP contribution is -2.18. The molecule has 0 aromatic carbocycles. The lowest BCUT2D eigenvalue weighted by molar-refractivity contribution is -0.275. The van der Waals surface area contributed by atoms with Gasteiger partial charge in [0.2, 0.25) is 5.75 Å². The first-order chi connectivity index (χ1) is 7.76. The molecule has 0 aliphatic carbocycles. The Bertz CT molecular complexity index is 410. The number of halogens is 6. The number of aromatic nitrogens is 1. The highest BCUT2D eigenvalue weighted by Gasteiger charge is 2.35. The highest BCUT2D eigenvalue weighted by atomic mass is 79.9. The Balaban J connectivity index is 3.30. The molecule has 3 nitrogen and oxygen atoms in total. The van der Waals surface area contributed by atoms with Gasteiger partial charge >= 0.3 is 6.36 Å². The van der Waals surface area contributed by atoms with Crippen LogP contribution in [0.15, 0.2) is 10.8 Å². The molecule has 0 fully saturated rings. The highest BCUT2D eigenvalue weighted by Crippen LogP contribution is 2.42. The Kier molecular flexibility index (Phi) is 4.12. The minimum absolute atomic E-state index is 0.379. The van der Waals surface area contributed by atoms with Gasteiger partial charge < -0.3 is 9.47 Å². The first-order valence-corrected chi connectivity index (χ1v) is 4.82. The van der Waals surface area contributed by atoms with E-state index in [1.54, 1.807) is 0 Å². The molecule has 0 aliphatic heterocycles. The first kappa shape index (κ1) is 13.9. The molecule has 1 heterocycles. The highest BCUT2D eigenvalue weighted by molar-refractivity contribution is 9.10. The summed E-state index contributed by atoms with van der Waals surface area (Å²) in [7, 11) is 0.955. The Hall–Kier alpha value is -1.12. The molecule has 0 saturated heterocycles. The number of rotatable bonds is 3. The van der Waals surface area contributed by atoms with Crippen molar-refractivity contribution in [3.05, 3.63) is 16.4 Å². The van der Waals surface area contributed by atoms with E-state index in [1.807, 2.05) is 0 Å². The van der Waals surface area contributed by atoms with Crippen LogP contribution >= 0.6 is 15.9 Å². The van der Waals surface area contributed by atoms with E-state index < -0.39 is 29.9 Å². The van der Waals surface area contributed by atoms with E-state index in [2.05, 4.69) is 30.4 Å². The maximum atomic E-state index is 12.5. The van der Waals surface area contributed by atoms with Gasteiger partial charge in [-0.2, -0.15) is 0 Å². The van der Waals surface area contributed by atoms with Crippen molar-refractivity contribution in [3.8, 4) is 11.5 Å². The summed E-state index contributed by atoms with van der Waals surface area (Å²) in [6.07, 6.45) is -7.35. The van der Waals surface area contributed by atoms with Crippen LogP contribution in [0.3, 0.4) is 0 Å². The van der Waals surface area contributed by atoms with E-state index in [9.17, 15) is 22.0 Å². The fourth-order valence-electron chi connectivity index (χ4n) is 1.04. The Morgan fingerprint density at radius 3 is 2.29 bits per heavy atom. The second-order valence-corrected chi connectivity index (χ2v) is 3.47. The third-order valence-corrected chi connectivity index (χ3v) is 2.19. The van der Waals surface area contributed by atoms with Crippen molar-refractivity contribution in [2.75, 3.05) is 7.11 Å². The molecule has 0 N–H and O–H groups in total. The average molecular weight is 322 g/mol. The molecule has 17 heavy (non-hydrogen) atoms. The Morgan fingerprint density at radius 1 is 1.29 bits per heavy atom. The van der Waals surface area contributed by atoms with E-state index >= 15 is 0 Å². The number of hydrogen-bond acceptors (Lipinski definition) is 3. The Labute approximate surface area is 101 Å². The molecule has 1 aromatic rings. The van der Waals surface area contributed by atoms with Gasteiger partial charge in [0.1, 0.15) is 0 Å². The zero-order chi connectivity index (χ0) is 13.2. The minimum atomic E-state index is -5.03. The number of alkyl halides is 5. The van der Waals surface area contributed by atoms with Crippen LogP contribution in [0.1, 0.15) is 12.0 Å². The second kappa shape index (κ2) is 5.03. The van der Waals surface area contributed by atoms with Crippen molar-refractivity contribution in [3.63, 3.8) is 0 Å². The number of nitrogens with zero attached hydrogens (tertiary/aromatic N) is 1. The van der Waals surface area contributed by atoms with Crippen LogP contribution in [-0.4, -0.2) is 18.5 Å². The van der Waals surface area contributed by atoms with Crippen LogP contribution in [0.2, 0.25) is 0 Å². The summed E-state index contributed by atoms with van der Waals surface area (Å²) in [4.78, 5) is 3.32. The topological polar surface area (TPSA) is 31.4 Å². The molecule has 9 heteroatoms. The van der Waals surface area contributed by atoms with Gasteiger partial charge in [-0.1, -0.05) is 0 Å². The fourth-order valence-corrected chi connectivity index (χ4v) is 1.40. The third-order valence-electron chi connectivity index (χ3n) is 1.63. The van der Waals surface area contributed by atoms with Crippen molar-refractivity contribution in [1.29, 1.82) is 0 Å². The number of methoxy groups -OCH3 is 1. The summed E-state index contributed by atoms with van der Waals surface area (Å²) >= 11 is 2.66. The molecule has 0 aliphatic rings. The maximum absolute atomic E-state index is 12.5. The molecule has 0 spiro atoms. The quantitative estimate of drug-likeness (QED) is 0.628. The zero-order valence-electron chi connectivity index (χ0n) is 8.19. The van der Waals surface area contributed by atoms with Crippen LogP contribution in [0, 0.1) is 0 Å². The molecule has 0 saturated carbocycles. The summed E-state index contributed by atoms with van der Waals surface area (Å²) in [6, 6.07) is 0. The van der Waals surface area contributed by atoms with Crippen molar-refractivity contribution >= 4 is 15.9 Å². The molecule has 1 rings (SSSR count). The van der Waals surface area contributed by atoms with E-state index in [0.717, 1.165) is 7.11 Å². The van der Waals surface area contributed by atoms with Crippen molar-refractivity contribution < 1.29 is 31.4 Å². The molecule has 0 bridgehead atoms. The van der Waals surface area contributed by atoms with Gasteiger partial charge in [-0.3, -0.25) is 0 Å². The molecule has 0 amide bonds. The number of hydrogen-bond donors (Lipinski definition) is 0. The van der Waals surface area contributed by atoms with Crippen LogP contribution in [0.5, 0.6) is 11.5 Å². The Morgan fingerprint density at radius 2 is 1.88 bits per heavy atom. The first-order valence-electron chi connectivity index (χ1n) is 4.02. The van der Waals surface area contributed by atoms with Gasteiger partial charge in [0.25, 0.3) is 6.43 Å². The lowest BCUT2D eigenvalue weighted by atomic mass is 10.2. The van der Waals surface area contributed by atoms with Crippen LogP contribution in [-0.2, 0) is 0 Å². The standard InChI is InChI=1S/C8H5BrF5NO2/c1-16-4-3(7(10)11)2-15-6(9)5(4)17-8(12,13)14/h2,7H,1H3.